The number of amides is 1. The molecule has 0 unspecified atom stereocenters. The van der Waals surface area contributed by atoms with Crippen molar-refractivity contribution in [1.82, 2.24) is 9.21 Å². The van der Waals surface area contributed by atoms with Crippen molar-refractivity contribution in [2.24, 2.45) is 0 Å². The van der Waals surface area contributed by atoms with E-state index in [9.17, 15) is 13.2 Å². The first kappa shape index (κ1) is 26.9. The van der Waals surface area contributed by atoms with Gasteiger partial charge >= 0.3 is 0 Å². The van der Waals surface area contributed by atoms with E-state index in [1.54, 1.807) is 41.3 Å². The van der Waals surface area contributed by atoms with Crippen LogP contribution in [0.1, 0.15) is 16.7 Å². The van der Waals surface area contributed by atoms with Crippen molar-refractivity contribution in [1.29, 1.82) is 0 Å². The van der Waals surface area contributed by atoms with Gasteiger partial charge in [0.25, 0.3) is 0 Å². The lowest BCUT2D eigenvalue weighted by Crippen LogP contribution is -2.42. The zero-order valence-electron chi connectivity index (χ0n) is 20.0. The summed E-state index contributed by atoms with van der Waals surface area (Å²) >= 11 is 12.4. The van der Waals surface area contributed by atoms with Crippen molar-refractivity contribution in [3.05, 3.63) is 136 Å². The molecule has 0 aliphatic heterocycles. The highest BCUT2D eigenvalue weighted by Crippen LogP contribution is 2.25. The predicted molar refractivity (Wildman–Crippen MR) is 148 cm³/mol. The summed E-state index contributed by atoms with van der Waals surface area (Å²) in [4.78, 5) is 15.5. The van der Waals surface area contributed by atoms with Gasteiger partial charge in [0.2, 0.25) is 15.9 Å². The molecule has 0 atom stereocenters. The van der Waals surface area contributed by atoms with E-state index >= 15 is 0 Å². The minimum Gasteiger partial charge on any atom is -0.333 e. The van der Waals surface area contributed by atoms with Gasteiger partial charge in [-0.05, 0) is 41.0 Å². The number of halogens is 2. The first-order valence-corrected chi connectivity index (χ1v) is 13.9. The van der Waals surface area contributed by atoms with Gasteiger partial charge in [0, 0.05) is 29.7 Å². The van der Waals surface area contributed by atoms with E-state index in [1.807, 2.05) is 60.7 Å². The molecule has 0 aliphatic rings. The maximum absolute atomic E-state index is 13.7. The third-order valence-electron chi connectivity index (χ3n) is 5.84. The normalized spacial score (nSPS) is 11.4. The van der Waals surface area contributed by atoms with Crippen LogP contribution in [0.25, 0.3) is 0 Å². The second-order valence-corrected chi connectivity index (χ2v) is 11.3. The van der Waals surface area contributed by atoms with E-state index in [-0.39, 0.29) is 23.9 Å². The molecule has 8 heteroatoms. The zero-order chi connectivity index (χ0) is 26.3. The average Bonchev–Trinajstić information content (AvgIpc) is 2.91. The third-order valence-corrected chi connectivity index (χ3v) is 8.23. The summed E-state index contributed by atoms with van der Waals surface area (Å²) in [6.45, 7) is 0.254. The van der Waals surface area contributed by atoms with E-state index in [4.69, 9.17) is 23.2 Å². The molecule has 4 rings (SSSR count). The number of benzene rings is 4. The summed E-state index contributed by atoms with van der Waals surface area (Å²) in [6.07, 6.45) is 0. The average molecular weight is 554 g/mol. The number of hydrogen-bond acceptors (Lipinski definition) is 3. The Morgan fingerprint density at radius 3 is 1.70 bits per heavy atom. The van der Waals surface area contributed by atoms with Gasteiger partial charge in [0.15, 0.2) is 0 Å². The molecule has 37 heavy (non-hydrogen) atoms. The van der Waals surface area contributed by atoms with Crippen LogP contribution in [0, 0.1) is 0 Å². The number of carbonyl (C=O) groups excluding carboxylic acids is 1. The first-order chi connectivity index (χ1) is 17.8. The van der Waals surface area contributed by atoms with Gasteiger partial charge in [-0.15, -0.1) is 0 Å². The summed E-state index contributed by atoms with van der Waals surface area (Å²) in [5.41, 5.74) is 2.45. The quantitative estimate of drug-likeness (QED) is 0.228. The van der Waals surface area contributed by atoms with Gasteiger partial charge in [-0.1, -0.05) is 108 Å². The zero-order valence-corrected chi connectivity index (χ0v) is 22.3. The summed E-state index contributed by atoms with van der Waals surface area (Å²) < 4.78 is 28.5. The number of sulfonamides is 1. The molecule has 0 saturated carbocycles. The summed E-state index contributed by atoms with van der Waals surface area (Å²) in [6, 6.07) is 32.2. The fourth-order valence-electron chi connectivity index (χ4n) is 3.90. The van der Waals surface area contributed by atoms with Crippen molar-refractivity contribution in [3.8, 4) is 0 Å². The number of hydrogen-bond donors (Lipinski definition) is 0. The van der Waals surface area contributed by atoms with E-state index in [2.05, 4.69) is 0 Å². The largest absolute Gasteiger partial charge is 0.333 e. The fraction of sp³-hybridized carbons (Fsp3) is 0.138. The maximum Gasteiger partial charge on any atom is 0.243 e. The minimum absolute atomic E-state index is 0.0799. The molecule has 0 heterocycles. The Bertz CT molecular complexity index is 1390. The molecule has 0 bridgehead atoms. The fourth-order valence-corrected chi connectivity index (χ4v) is 5.75. The highest BCUT2D eigenvalue weighted by atomic mass is 35.5. The van der Waals surface area contributed by atoms with Crippen LogP contribution >= 0.6 is 23.2 Å². The minimum atomic E-state index is -4.01. The Kier molecular flexibility index (Phi) is 9.00. The molecular formula is C29H26Cl2N2O3S. The molecule has 0 fully saturated rings. The standard InChI is InChI=1S/C29H26Cl2N2O3S/c30-26-17-16-25(28(31)18-26)21-33(37(35,36)27-14-8-3-9-15-27)22-29(34)32(19-23-10-4-1-5-11-23)20-24-12-6-2-7-13-24/h1-18H,19-22H2. The Labute approximate surface area is 227 Å². The van der Waals surface area contributed by atoms with Gasteiger partial charge in [-0.3, -0.25) is 4.79 Å². The van der Waals surface area contributed by atoms with Crippen LogP contribution in [0.15, 0.2) is 114 Å². The maximum atomic E-state index is 13.7. The monoisotopic (exact) mass is 552 g/mol. The van der Waals surface area contributed by atoms with E-state index < -0.39 is 10.0 Å². The van der Waals surface area contributed by atoms with Gasteiger partial charge in [0.05, 0.1) is 11.4 Å². The number of carbonyl (C=O) groups is 1. The molecule has 1 amide bonds. The van der Waals surface area contributed by atoms with Crippen molar-refractivity contribution in [2.45, 2.75) is 24.5 Å². The second-order valence-electron chi connectivity index (χ2n) is 8.54. The molecule has 0 spiro atoms. The molecule has 4 aromatic carbocycles. The van der Waals surface area contributed by atoms with Crippen LogP contribution in [0.4, 0.5) is 0 Å². The summed E-state index contributed by atoms with van der Waals surface area (Å²) in [7, 11) is -4.01. The van der Waals surface area contributed by atoms with Gasteiger partial charge < -0.3 is 4.90 Å². The molecule has 0 aliphatic carbocycles. The molecule has 5 nitrogen and oxygen atoms in total. The van der Waals surface area contributed by atoms with E-state index in [0.29, 0.717) is 28.7 Å². The smallest absolute Gasteiger partial charge is 0.243 e. The third kappa shape index (κ3) is 7.21. The molecular weight excluding hydrogens is 527 g/mol. The lowest BCUT2D eigenvalue weighted by Gasteiger charge is -2.28. The summed E-state index contributed by atoms with van der Waals surface area (Å²) in [5.74, 6) is -0.322. The number of nitrogens with zero attached hydrogens (tertiary/aromatic N) is 2. The van der Waals surface area contributed by atoms with Crippen LogP contribution in [-0.4, -0.2) is 30.1 Å². The lowest BCUT2D eigenvalue weighted by molar-refractivity contribution is -0.132. The van der Waals surface area contributed by atoms with Crippen LogP contribution < -0.4 is 0 Å². The first-order valence-electron chi connectivity index (χ1n) is 11.7. The predicted octanol–water partition coefficient (Wildman–Crippen LogP) is 6.41. The van der Waals surface area contributed by atoms with Crippen molar-refractivity contribution in [2.75, 3.05) is 6.54 Å². The van der Waals surface area contributed by atoms with Gasteiger partial charge in [-0.2, -0.15) is 4.31 Å². The summed E-state index contributed by atoms with van der Waals surface area (Å²) in [5, 5.41) is 0.776. The topological polar surface area (TPSA) is 57.7 Å². The van der Waals surface area contributed by atoms with Crippen molar-refractivity contribution >= 4 is 39.1 Å². The van der Waals surface area contributed by atoms with Crippen LogP contribution in [0.5, 0.6) is 0 Å². The molecule has 4 aromatic rings. The number of rotatable bonds is 10. The molecule has 0 aromatic heterocycles. The second kappa shape index (κ2) is 12.4. The Morgan fingerprint density at radius 2 is 1.19 bits per heavy atom. The van der Waals surface area contributed by atoms with Crippen LogP contribution in [-0.2, 0) is 34.5 Å². The SMILES string of the molecule is O=C(CN(Cc1ccc(Cl)cc1Cl)S(=O)(=O)c1ccccc1)N(Cc1ccccc1)Cc1ccccc1. The van der Waals surface area contributed by atoms with E-state index in [1.165, 1.54) is 16.4 Å². The Morgan fingerprint density at radius 1 is 0.676 bits per heavy atom. The Balaban J connectivity index is 1.66. The van der Waals surface area contributed by atoms with Crippen molar-refractivity contribution in [3.63, 3.8) is 0 Å². The highest BCUT2D eigenvalue weighted by Gasteiger charge is 2.29. The highest BCUT2D eigenvalue weighted by molar-refractivity contribution is 7.89. The lowest BCUT2D eigenvalue weighted by atomic mass is 10.1. The Hall–Kier alpha value is -3.16. The molecule has 0 radical (unpaired) electrons. The molecule has 190 valence electrons. The van der Waals surface area contributed by atoms with Crippen molar-refractivity contribution < 1.29 is 13.2 Å². The molecule has 0 N–H and O–H groups in total. The van der Waals surface area contributed by atoms with Gasteiger partial charge in [-0.25, -0.2) is 8.42 Å². The molecule has 0 saturated heterocycles. The van der Waals surface area contributed by atoms with Gasteiger partial charge in [0.1, 0.15) is 0 Å². The van der Waals surface area contributed by atoms with E-state index in [0.717, 1.165) is 11.1 Å². The van der Waals surface area contributed by atoms with Crippen LogP contribution in [0.3, 0.4) is 0 Å². The van der Waals surface area contributed by atoms with Crippen LogP contribution in [0.2, 0.25) is 10.0 Å².